The van der Waals surface area contributed by atoms with E-state index in [0.29, 0.717) is 19.8 Å². The number of nitrogens with zero attached hydrogens (tertiary/aromatic N) is 2. The molecule has 17 heavy (non-hydrogen) atoms. The summed E-state index contributed by atoms with van der Waals surface area (Å²) in [4.78, 5) is 3.71. The van der Waals surface area contributed by atoms with Gasteiger partial charge in [0.2, 0.25) is 10.0 Å². The Kier molecular flexibility index (Phi) is 3.71. The van der Waals surface area contributed by atoms with Crippen molar-refractivity contribution < 1.29 is 21.0 Å². The Morgan fingerprint density at radius 1 is 1.06 bits per heavy atom. The van der Waals surface area contributed by atoms with Crippen molar-refractivity contribution in [3.8, 4) is 0 Å². The summed E-state index contributed by atoms with van der Waals surface area (Å²) in [5, 5.41) is 0. The van der Waals surface area contributed by atoms with E-state index in [-0.39, 0.29) is 24.9 Å². The van der Waals surface area contributed by atoms with Crippen LogP contribution in [0.15, 0.2) is 0 Å². The largest absolute Gasteiger partial charge is 0.276 e. The Bertz CT molecular complexity index is 402. The van der Waals surface area contributed by atoms with Gasteiger partial charge in [-0.05, 0) is 0 Å². The first-order valence-corrected chi connectivity index (χ1v) is 8.38. The molecule has 2 aliphatic rings. The maximum absolute atomic E-state index is 11.1. The second kappa shape index (κ2) is 4.78. The van der Waals surface area contributed by atoms with Gasteiger partial charge in [-0.3, -0.25) is 14.0 Å². The van der Waals surface area contributed by atoms with Crippen LogP contribution in [0.1, 0.15) is 0 Å². The van der Waals surface area contributed by atoms with Crippen molar-refractivity contribution in [2.75, 3.05) is 44.7 Å². The Morgan fingerprint density at radius 3 is 2.29 bits per heavy atom. The maximum atomic E-state index is 11.1. The zero-order valence-electron chi connectivity index (χ0n) is 9.20. The first-order chi connectivity index (χ1) is 7.86. The van der Waals surface area contributed by atoms with Crippen LogP contribution in [0.25, 0.3) is 0 Å². The molecule has 2 rings (SSSR count). The number of nitrogens with one attached hydrogen (secondary N) is 1. The molecule has 0 bridgehead atoms. The molecule has 10 heteroatoms. The van der Waals surface area contributed by atoms with E-state index in [2.05, 4.69) is 4.72 Å². The molecule has 8 nitrogen and oxygen atoms in total. The molecular formula is C7H15N3O5S2. The zero-order chi connectivity index (χ0) is 12.5. The minimum absolute atomic E-state index is 0.0213. The highest BCUT2D eigenvalue weighted by molar-refractivity contribution is 7.89. The fourth-order valence-corrected chi connectivity index (χ4v) is 3.56. The third kappa shape index (κ3) is 3.86. The number of rotatable bonds is 2. The first-order valence-electron chi connectivity index (χ1n) is 5.15. The van der Waals surface area contributed by atoms with Crippen molar-refractivity contribution in [2.24, 2.45) is 0 Å². The van der Waals surface area contributed by atoms with Crippen LogP contribution in [0, 0.1) is 0 Å². The van der Waals surface area contributed by atoms with E-state index in [1.807, 2.05) is 9.80 Å². The van der Waals surface area contributed by atoms with E-state index >= 15 is 0 Å². The lowest BCUT2D eigenvalue weighted by Crippen LogP contribution is -2.53. The standard InChI is InChI=1S/C7H15N3O5S2/c11-16(12)3-1-9(5-8-16)6-10-2-4-17(13,14)15-7-10/h8H,1-7H2. The summed E-state index contributed by atoms with van der Waals surface area (Å²) in [6.45, 7) is 1.64. The normalized spacial score (nSPS) is 30.1. The molecule has 0 spiro atoms. The second-order valence-corrected chi connectivity index (χ2v) is 7.75. The molecule has 0 unspecified atom stereocenters. The van der Waals surface area contributed by atoms with Crippen LogP contribution in [0.4, 0.5) is 0 Å². The molecule has 0 aliphatic carbocycles. The van der Waals surface area contributed by atoms with Gasteiger partial charge in [-0.2, -0.15) is 8.42 Å². The van der Waals surface area contributed by atoms with Crippen molar-refractivity contribution in [1.82, 2.24) is 14.5 Å². The molecule has 0 aromatic carbocycles. The predicted molar refractivity (Wildman–Crippen MR) is 59.8 cm³/mol. The highest BCUT2D eigenvalue weighted by Crippen LogP contribution is 2.07. The molecule has 0 atom stereocenters. The maximum Gasteiger partial charge on any atom is 0.269 e. The average Bonchev–Trinajstić information content (AvgIpc) is 2.24. The summed E-state index contributed by atoms with van der Waals surface area (Å²) in [5.41, 5.74) is 0. The van der Waals surface area contributed by atoms with Gasteiger partial charge in [0, 0.05) is 13.1 Å². The molecule has 0 aromatic heterocycles. The number of sulfonamides is 1. The molecule has 0 aromatic rings. The van der Waals surface area contributed by atoms with Gasteiger partial charge in [0.05, 0.1) is 24.8 Å². The molecule has 0 saturated carbocycles. The summed E-state index contributed by atoms with van der Waals surface area (Å²) >= 11 is 0. The lowest BCUT2D eigenvalue weighted by molar-refractivity contribution is 0.0569. The van der Waals surface area contributed by atoms with Gasteiger partial charge in [-0.25, -0.2) is 13.1 Å². The van der Waals surface area contributed by atoms with E-state index in [9.17, 15) is 16.8 Å². The van der Waals surface area contributed by atoms with E-state index < -0.39 is 20.1 Å². The summed E-state index contributed by atoms with van der Waals surface area (Å²) < 4.78 is 51.4. The molecule has 0 radical (unpaired) electrons. The molecular weight excluding hydrogens is 270 g/mol. The minimum atomic E-state index is -3.35. The van der Waals surface area contributed by atoms with Crippen LogP contribution in [0.3, 0.4) is 0 Å². The van der Waals surface area contributed by atoms with Gasteiger partial charge in [0.1, 0.15) is 6.73 Å². The van der Waals surface area contributed by atoms with Crippen LogP contribution in [0.5, 0.6) is 0 Å². The van der Waals surface area contributed by atoms with Gasteiger partial charge >= 0.3 is 0 Å². The third-order valence-electron chi connectivity index (χ3n) is 2.66. The van der Waals surface area contributed by atoms with Gasteiger partial charge in [0.15, 0.2) is 0 Å². The van der Waals surface area contributed by atoms with Crippen molar-refractivity contribution in [2.45, 2.75) is 0 Å². The van der Waals surface area contributed by atoms with Crippen LogP contribution >= 0.6 is 0 Å². The lowest BCUT2D eigenvalue weighted by Gasteiger charge is -2.34. The van der Waals surface area contributed by atoms with E-state index in [4.69, 9.17) is 4.18 Å². The predicted octanol–water partition coefficient (Wildman–Crippen LogP) is -2.24. The van der Waals surface area contributed by atoms with Crippen molar-refractivity contribution in [3.05, 3.63) is 0 Å². The van der Waals surface area contributed by atoms with Crippen molar-refractivity contribution in [1.29, 1.82) is 0 Å². The number of hydrogen-bond acceptors (Lipinski definition) is 7. The smallest absolute Gasteiger partial charge is 0.269 e. The molecule has 2 saturated heterocycles. The topological polar surface area (TPSA) is 96.0 Å². The molecule has 2 heterocycles. The zero-order valence-corrected chi connectivity index (χ0v) is 10.8. The SMILES string of the molecule is O=S1(=O)CCN(CN2CCS(=O)(=O)OC2)CN1. The second-order valence-electron chi connectivity index (χ2n) is 4.06. The average molecular weight is 285 g/mol. The molecule has 2 fully saturated rings. The Labute approximate surface area is 101 Å². The fourth-order valence-electron chi connectivity index (χ4n) is 1.62. The van der Waals surface area contributed by atoms with Crippen LogP contribution in [-0.4, -0.2) is 71.3 Å². The highest BCUT2D eigenvalue weighted by atomic mass is 32.2. The monoisotopic (exact) mass is 285 g/mol. The van der Waals surface area contributed by atoms with Crippen LogP contribution in [-0.2, 0) is 24.3 Å². The third-order valence-corrected chi connectivity index (χ3v) is 5.09. The molecule has 1 N–H and O–H groups in total. The Hall–Kier alpha value is -0.260. The molecule has 100 valence electrons. The van der Waals surface area contributed by atoms with Crippen molar-refractivity contribution in [3.63, 3.8) is 0 Å². The van der Waals surface area contributed by atoms with Crippen LogP contribution in [0.2, 0.25) is 0 Å². The van der Waals surface area contributed by atoms with Gasteiger partial charge in [0.25, 0.3) is 10.1 Å². The van der Waals surface area contributed by atoms with E-state index in [1.165, 1.54) is 0 Å². The van der Waals surface area contributed by atoms with Crippen molar-refractivity contribution >= 4 is 20.1 Å². The summed E-state index contributed by atoms with van der Waals surface area (Å²) in [5.74, 6) is 0.0482. The Balaban J connectivity index is 1.80. The quantitative estimate of drug-likeness (QED) is 0.573. The molecule has 0 amide bonds. The Morgan fingerprint density at radius 2 is 1.76 bits per heavy atom. The van der Waals surface area contributed by atoms with E-state index in [1.54, 1.807) is 0 Å². The van der Waals surface area contributed by atoms with Crippen LogP contribution < -0.4 is 4.72 Å². The first kappa shape index (κ1) is 13.2. The fraction of sp³-hybridized carbons (Fsp3) is 1.00. The summed E-state index contributed by atoms with van der Waals surface area (Å²) in [7, 11) is -6.46. The lowest BCUT2D eigenvalue weighted by atomic mass is 10.5. The highest BCUT2D eigenvalue weighted by Gasteiger charge is 2.26. The van der Waals surface area contributed by atoms with Gasteiger partial charge in [-0.1, -0.05) is 0 Å². The number of hydrogen-bond donors (Lipinski definition) is 1. The summed E-state index contributed by atoms with van der Waals surface area (Å²) in [6, 6.07) is 0. The van der Waals surface area contributed by atoms with Gasteiger partial charge in [-0.15, -0.1) is 0 Å². The van der Waals surface area contributed by atoms with Gasteiger partial charge < -0.3 is 0 Å². The molecule has 2 aliphatic heterocycles. The minimum Gasteiger partial charge on any atom is -0.276 e. The summed E-state index contributed by atoms with van der Waals surface area (Å²) in [6.07, 6.45) is 0. The van der Waals surface area contributed by atoms with E-state index in [0.717, 1.165) is 0 Å².